The van der Waals surface area contributed by atoms with Crippen molar-refractivity contribution in [1.82, 2.24) is 0 Å². The van der Waals surface area contributed by atoms with Gasteiger partial charge in [0.1, 0.15) is 0 Å². The van der Waals surface area contributed by atoms with Crippen LogP contribution in [0.3, 0.4) is 0 Å². The van der Waals surface area contributed by atoms with Crippen LogP contribution in [-0.2, 0) is 19.1 Å². The first-order valence-corrected chi connectivity index (χ1v) is 11.1. The van der Waals surface area contributed by atoms with Crippen molar-refractivity contribution in [3.05, 3.63) is 0 Å². The Morgan fingerprint density at radius 3 is 1.50 bits per heavy atom. The Morgan fingerprint density at radius 2 is 1.04 bits per heavy atom. The van der Waals surface area contributed by atoms with Crippen LogP contribution in [0.4, 0.5) is 0 Å². The van der Waals surface area contributed by atoms with Gasteiger partial charge in [-0.3, -0.25) is 9.59 Å². The highest BCUT2D eigenvalue weighted by Gasteiger charge is 2.06. The number of esters is 2. The van der Waals surface area contributed by atoms with Gasteiger partial charge in [0.15, 0.2) is 0 Å². The summed E-state index contributed by atoms with van der Waals surface area (Å²) < 4.78 is 10.4. The third-order valence-electron chi connectivity index (χ3n) is 4.31. The molecule has 26 heavy (non-hydrogen) atoms. The van der Waals surface area contributed by atoms with Crippen LogP contribution in [0.1, 0.15) is 103 Å². The first-order valence-electron chi connectivity index (χ1n) is 10.6. The molecule has 0 aromatic rings. The molecule has 0 aromatic carbocycles. The summed E-state index contributed by atoms with van der Waals surface area (Å²) in [4.78, 5) is 23.1. The predicted octanol–water partition coefficient (Wildman–Crippen LogP) is 6.18. The van der Waals surface area contributed by atoms with Crippen molar-refractivity contribution in [2.45, 2.75) is 103 Å². The average molecular weight is 391 g/mol. The van der Waals surface area contributed by atoms with E-state index in [1.165, 1.54) is 32.1 Å². The summed E-state index contributed by atoms with van der Waals surface area (Å²) in [6.45, 7) is 3.15. The van der Waals surface area contributed by atoms with Crippen molar-refractivity contribution in [3.63, 3.8) is 0 Å². The summed E-state index contributed by atoms with van der Waals surface area (Å²) in [6, 6.07) is 0. The number of alkyl halides is 1. The molecule has 5 heteroatoms. The molecule has 0 rings (SSSR count). The molecule has 0 fully saturated rings. The van der Waals surface area contributed by atoms with Gasteiger partial charge >= 0.3 is 11.9 Å². The number of ether oxygens (including phenoxy) is 2. The summed E-state index contributed by atoms with van der Waals surface area (Å²) in [5.41, 5.74) is 0. The van der Waals surface area contributed by atoms with E-state index < -0.39 is 0 Å². The molecule has 0 spiro atoms. The topological polar surface area (TPSA) is 52.6 Å². The molecule has 0 bridgehead atoms. The van der Waals surface area contributed by atoms with Crippen LogP contribution in [0.2, 0.25) is 0 Å². The lowest BCUT2D eigenvalue weighted by Gasteiger charge is -2.06. The van der Waals surface area contributed by atoms with E-state index in [-0.39, 0.29) is 11.9 Å². The number of rotatable bonds is 19. The molecule has 0 radical (unpaired) electrons. The lowest BCUT2D eigenvalue weighted by atomic mass is 10.1. The number of halogens is 1. The molecule has 0 saturated heterocycles. The summed E-state index contributed by atoms with van der Waals surface area (Å²) in [5, 5.41) is 0. The Bertz CT molecular complexity index is 334. The van der Waals surface area contributed by atoms with Crippen LogP contribution in [0.15, 0.2) is 0 Å². The van der Waals surface area contributed by atoms with E-state index >= 15 is 0 Å². The maximum atomic E-state index is 11.6. The van der Waals surface area contributed by atoms with Crippen LogP contribution in [0, 0.1) is 0 Å². The fourth-order valence-corrected chi connectivity index (χ4v) is 2.85. The second-order valence-corrected chi connectivity index (χ2v) is 7.25. The van der Waals surface area contributed by atoms with E-state index in [1.54, 1.807) is 0 Å². The van der Waals surface area contributed by atoms with E-state index in [4.69, 9.17) is 21.1 Å². The molecule has 154 valence electrons. The molecule has 0 N–H and O–H groups in total. The summed E-state index contributed by atoms with van der Waals surface area (Å²) in [6.07, 6.45) is 14.7. The van der Waals surface area contributed by atoms with Crippen LogP contribution in [-0.4, -0.2) is 31.0 Å². The zero-order chi connectivity index (χ0) is 19.3. The second-order valence-electron chi connectivity index (χ2n) is 6.87. The van der Waals surface area contributed by atoms with E-state index in [9.17, 15) is 9.59 Å². The molecule has 0 aliphatic carbocycles. The van der Waals surface area contributed by atoms with Gasteiger partial charge in [-0.15, -0.1) is 11.6 Å². The molecule has 0 unspecified atom stereocenters. The third kappa shape index (κ3) is 19.6. The smallest absolute Gasteiger partial charge is 0.305 e. The molecule has 4 nitrogen and oxygen atoms in total. The Kier molecular flexibility index (Phi) is 19.9. The van der Waals surface area contributed by atoms with Crippen molar-refractivity contribution in [1.29, 1.82) is 0 Å². The molecule has 0 aliphatic rings. The van der Waals surface area contributed by atoms with Crippen LogP contribution < -0.4 is 0 Å². The number of hydrogen-bond donors (Lipinski definition) is 0. The number of hydrogen-bond acceptors (Lipinski definition) is 4. The Balaban J connectivity index is 3.28. The van der Waals surface area contributed by atoms with Crippen molar-refractivity contribution >= 4 is 23.5 Å². The van der Waals surface area contributed by atoms with Gasteiger partial charge < -0.3 is 9.47 Å². The summed E-state index contributed by atoms with van der Waals surface area (Å²) in [7, 11) is 0. The summed E-state index contributed by atoms with van der Waals surface area (Å²) in [5.74, 6) is 0.466. The second kappa shape index (κ2) is 20.5. The minimum absolute atomic E-state index is 0.151. The van der Waals surface area contributed by atoms with Gasteiger partial charge in [-0.1, -0.05) is 58.3 Å². The van der Waals surface area contributed by atoms with E-state index in [2.05, 4.69) is 6.92 Å². The lowest BCUT2D eigenvalue weighted by Crippen LogP contribution is -2.08. The quantitative estimate of drug-likeness (QED) is 0.150. The Hall–Kier alpha value is -0.770. The fourth-order valence-electron chi connectivity index (χ4n) is 2.66. The molecule has 0 aromatic heterocycles. The third-order valence-corrected chi connectivity index (χ3v) is 4.58. The largest absolute Gasteiger partial charge is 0.466 e. The zero-order valence-corrected chi connectivity index (χ0v) is 17.5. The minimum Gasteiger partial charge on any atom is -0.466 e. The highest BCUT2D eigenvalue weighted by atomic mass is 35.5. The number of carbonyl (C=O) groups is 2. The van der Waals surface area contributed by atoms with Crippen molar-refractivity contribution in [2.75, 3.05) is 19.1 Å². The van der Waals surface area contributed by atoms with Gasteiger partial charge in [0.25, 0.3) is 0 Å². The van der Waals surface area contributed by atoms with Gasteiger partial charge in [0, 0.05) is 18.7 Å². The fraction of sp³-hybridized carbons (Fsp3) is 0.905. The zero-order valence-electron chi connectivity index (χ0n) is 16.7. The monoisotopic (exact) mass is 390 g/mol. The standard InChI is InChI=1S/C21H39ClO4/c1-2-3-13-18-25-20(23)15-10-11-16-21(24)26-19-14-9-7-5-4-6-8-12-17-22/h2-19H2,1H3. The first-order chi connectivity index (χ1) is 12.7. The maximum absolute atomic E-state index is 11.6. The van der Waals surface area contributed by atoms with E-state index in [0.717, 1.165) is 44.4 Å². The normalized spacial score (nSPS) is 10.7. The molecule has 0 amide bonds. The van der Waals surface area contributed by atoms with Gasteiger partial charge in [0.2, 0.25) is 0 Å². The van der Waals surface area contributed by atoms with Gasteiger partial charge in [-0.2, -0.15) is 0 Å². The number of carbonyl (C=O) groups excluding carboxylic acids is 2. The summed E-state index contributed by atoms with van der Waals surface area (Å²) >= 11 is 5.64. The molecule has 0 saturated carbocycles. The lowest BCUT2D eigenvalue weighted by molar-refractivity contribution is -0.146. The van der Waals surface area contributed by atoms with Crippen LogP contribution >= 0.6 is 11.6 Å². The molecule has 0 heterocycles. The maximum Gasteiger partial charge on any atom is 0.305 e. The highest BCUT2D eigenvalue weighted by molar-refractivity contribution is 6.17. The van der Waals surface area contributed by atoms with E-state index in [1.807, 2.05) is 0 Å². The molecular formula is C21H39ClO4. The Labute approximate surface area is 165 Å². The average Bonchev–Trinajstić information content (AvgIpc) is 2.64. The van der Waals surface area contributed by atoms with Crippen molar-refractivity contribution in [3.8, 4) is 0 Å². The first kappa shape index (κ1) is 25.2. The Morgan fingerprint density at radius 1 is 0.615 bits per heavy atom. The van der Waals surface area contributed by atoms with Crippen molar-refractivity contribution in [2.24, 2.45) is 0 Å². The van der Waals surface area contributed by atoms with Crippen molar-refractivity contribution < 1.29 is 19.1 Å². The van der Waals surface area contributed by atoms with Gasteiger partial charge in [0.05, 0.1) is 13.2 Å². The van der Waals surface area contributed by atoms with E-state index in [0.29, 0.717) is 38.9 Å². The SMILES string of the molecule is CCCCCOC(=O)CCCCC(=O)OCCCCCCCCCCCl. The van der Waals surface area contributed by atoms with Crippen LogP contribution in [0.25, 0.3) is 0 Å². The van der Waals surface area contributed by atoms with Gasteiger partial charge in [-0.05, 0) is 32.1 Å². The minimum atomic E-state index is -0.155. The molecule has 0 aliphatic heterocycles. The van der Waals surface area contributed by atoms with Crippen LogP contribution in [0.5, 0.6) is 0 Å². The van der Waals surface area contributed by atoms with Gasteiger partial charge in [-0.25, -0.2) is 0 Å². The molecule has 0 atom stereocenters. The predicted molar refractivity (Wildman–Crippen MR) is 108 cm³/mol. The number of unbranched alkanes of at least 4 members (excludes halogenated alkanes) is 10. The highest BCUT2D eigenvalue weighted by Crippen LogP contribution is 2.09. The molecular weight excluding hydrogens is 352 g/mol.